The molecule has 0 spiro atoms. The van der Waals surface area contributed by atoms with Crippen molar-refractivity contribution in [3.63, 3.8) is 0 Å². The third-order valence-corrected chi connectivity index (χ3v) is 4.07. The maximum Gasteiger partial charge on any atom is 0.122 e. The van der Waals surface area contributed by atoms with Gasteiger partial charge in [0.2, 0.25) is 0 Å². The van der Waals surface area contributed by atoms with Gasteiger partial charge in [0.05, 0.1) is 7.11 Å². The molecule has 0 aromatic heterocycles. The molecular formula is C16H25NO. The zero-order valence-electron chi connectivity index (χ0n) is 12.0. The van der Waals surface area contributed by atoms with E-state index in [1.54, 1.807) is 7.11 Å². The van der Waals surface area contributed by atoms with Crippen molar-refractivity contribution in [1.82, 2.24) is 0 Å². The predicted molar refractivity (Wildman–Crippen MR) is 76.0 cm³/mol. The minimum Gasteiger partial charge on any atom is -0.496 e. The summed E-state index contributed by atoms with van der Waals surface area (Å²) in [5.41, 5.74) is 8.95. The summed E-state index contributed by atoms with van der Waals surface area (Å²) in [6, 6.07) is 6.61. The maximum atomic E-state index is 6.36. The summed E-state index contributed by atoms with van der Waals surface area (Å²) in [5, 5.41) is 0. The highest BCUT2D eigenvalue weighted by Crippen LogP contribution is 2.39. The SMILES string of the molecule is COc1ccc(C(N)C2CCC2)cc1C(C)(C)C. The first-order valence-corrected chi connectivity index (χ1v) is 6.87. The van der Waals surface area contributed by atoms with E-state index in [0.29, 0.717) is 5.92 Å². The molecule has 1 aromatic carbocycles. The lowest BCUT2D eigenvalue weighted by Crippen LogP contribution is -2.27. The van der Waals surface area contributed by atoms with Crippen LogP contribution >= 0.6 is 0 Å². The summed E-state index contributed by atoms with van der Waals surface area (Å²) in [6.45, 7) is 6.64. The summed E-state index contributed by atoms with van der Waals surface area (Å²) >= 11 is 0. The lowest BCUT2D eigenvalue weighted by Gasteiger charge is -2.32. The summed E-state index contributed by atoms with van der Waals surface area (Å²) in [4.78, 5) is 0. The molecule has 2 N–H and O–H groups in total. The predicted octanol–water partition coefficient (Wildman–Crippen LogP) is 3.79. The van der Waals surface area contributed by atoms with E-state index < -0.39 is 0 Å². The zero-order chi connectivity index (χ0) is 13.3. The highest BCUT2D eigenvalue weighted by atomic mass is 16.5. The molecule has 1 aliphatic carbocycles. The number of ether oxygens (including phenoxy) is 1. The first kappa shape index (κ1) is 13.4. The second-order valence-corrected chi connectivity index (χ2v) is 6.43. The van der Waals surface area contributed by atoms with Gasteiger partial charge in [0.15, 0.2) is 0 Å². The van der Waals surface area contributed by atoms with Gasteiger partial charge in [0.25, 0.3) is 0 Å². The molecule has 1 aliphatic rings. The van der Waals surface area contributed by atoms with Gasteiger partial charge in [-0.05, 0) is 41.4 Å². The summed E-state index contributed by atoms with van der Waals surface area (Å²) < 4.78 is 5.47. The lowest BCUT2D eigenvalue weighted by molar-refractivity contribution is 0.264. The van der Waals surface area contributed by atoms with Crippen LogP contribution in [0.15, 0.2) is 18.2 Å². The van der Waals surface area contributed by atoms with Crippen molar-refractivity contribution >= 4 is 0 Å². The van der Waals surface area contributed by atoms with Crippen molar-refractivity contribution in [2.45, 2.75) is 51.5 Å². The van der Waals surface area contributed by atoms with Crippen LogP contribution in [0.25, 0.3) is 0 Å². The molecule has 0 amide bonds. The Kier molecular flexibility index (Phi) is 3.67. The van der Waals surface area contributed by atoms with Gasteiger partial charge in [0, 0.05) is 6.04 Å². The number of methoxy groups -OCH3 is 1. The van der Waals surface area contributed by atoms with E-state index in [2.05, 4.69) is 39.0 Å². The van der Waals surface area contributed by atoms with Crippen LogP contribution in [-0.4, -0.2) is 7.11 Å². The second-order valence-electron chi connectivity index (χ2n) is 6.43. The molecular weight excluding hydrogens is 222 g/mol. The summed E-state index contributed by atoms with van der Waals surface area (Å²) in [6.07, 6.45) is 3.89. The average Bonchev–Trinajstić information content (AvgIpc) is 2.24. The monoisotopic (exact) mass is 247 g/mol. The molecule has 0 saturated heterocycles. The first-order chi connectivity index (χ1) is 8.43. The van der Waals surface area contributed by atoms with Crippen molar-refractivity contribution in [2.24, 2.45) is 11.7 Å². The van der Waals surface area contributed by atoms with Crippen LogP contribution in [-0.2, 0) is 5.41 Å². The largest absolute Gasteiger partial charge is 0.496 e. The molecule has 2 heteroatoms. The standard InChI is InChI=1S/C16H25NO/c1-16(2,3)13-10-12(8-9-14(13)18-4)15(17)11-6-5-7-11/h8-11,15H,5-7,17H2,1-4H3. The Labute approximate surface area is 111 Å². The molecule has 2 nitrogen and oxygen atoms in total. The van der Waals surface area contributed by atoms with Crippen molar-refractivity contribution in [3.05, 3.63) is 29.3 Å². The van der Waals surface area contributed by atoms with E-state index in [0.717, 1.165) is 5.75 Å². The number of nitrogens with two attached hydrogens (primary N) is 1. The van der Waals surface area contributed by atoms with Gasteiger partial charge < -0.3 is 10.5 Å². The van der Waals surface area contributed by atoms with E-state index in [-0.39, 0.29) is 11.5 Å². The molecule has 0 heterocycles. The molecule has 1 saturated carbocycles. The Morgan fingerprint density at radius 1 is 1.28 bits per heavy atom. The molecule has 0 bridgehead atoms. The molecule has 0 aliphatic heterocycles. The van der Waals surface area contributed by atoms with Crippen molar-refractivity contribution in [2.75, 3.05) is 7.11 Å². The highest BCUT2D eigenvalue weighted by Gasteiger charge is 2.27. The minimum absolute atomic E-state index is 0.0840. The highest BCUT2D eigenvalue weighted by molar-refractivity contribution is 5.42. The van der Waals surface area contributed by atoms with Gasteiger partial charge in [-0.2, -0.15) is 0 Å². The Balaban J connectivity index is 2.33. The number of hydrogen-bond acceptors (Lipinski definition) is 2. The lowest BCUT2D eigenvalue weighted by atomic mass is 9.76. The average molecular weight is 247 g/mol. The van der Waals surface area contributed by atoms with Crippen LogP contribution in [0.1, 0.15) is 57.2 Å². The Morgan fingerprint density at radius 3 is 2.39 bits per heavy atom. The van der Waals surface area contributed by atoms with E-state index in [4.69, 9.17) is 10.5 Å². The van der Waals surface area contributed by atoms with Crippen LogP contribution in [0, 0.1) is 5.92 Å². The first-order valence-electron chi connectivity index (χ1n) is 6.87. The third-order valence-electron chi connectivity index (χ3n) is 4.07. The maximum absolute atomic E-state index is 6.36. The van der Waals surface area contributed by atoms with Crippen LogP contribution in [0.3, 0.4) is 0 Å². The Hall–Kier alpha value is -1.02. The van der Waals surface area contributed by atoms with Gasteiger partial charge in [-0.1, -0.05) is 39.3 Å². The van der Waals surface area contributed by atoms with Crippen LogP contribution in [0.4, 0.5) is 0 Å². The van der Waals surface area contributed by atoms with Crippen LogP contribution in [0.5, 0.6) is 5.75 Å². The number of benzene rings is 1. The zero-order valence-corrected chi connectivity index (χ0v) is 12.0. The molecule has 1 fully saturated rings. The topological polar surface area (TPSA) is 35.2 Å². The van der Waals surface area contributed by atoms with Gasteiger partial charge in [-0.25, -0.2) is 0 Å². The molecule has 1 unspecified atom stereocenters. The normalized spacial score (nSPS) is 18.3. The molecule has 2 rings (SSSR count). The smallest absolute Gasteiger partial charge is 0.122 e. The third kappa shape index (κ3) is 2.54. The molecule has 1 atom stereocenters. The Bertz CT molecular complexity index is 416. The summed E-state index contributed by atoms with van der Waals surface area (Å²) in [7, 11) is 1.73. The van der Waals surface area contributed by atoms with Crippen LogP contribution in [0.2, 0.25) is 0 Å². The minimum atomic E-state index is 0.0840. The van der Waals surface area contributed by atoms with Gasteiger partial charge in [0.1, 0.15) is 5.75 Å². The second kappa shape index (κ2) is 4.93. The van der Waals surface area contributed by atoms with Crippen molar-refractivity contribution in [1.29, 1.82) is 0 Å². The van der Waals surface area contributed by atoms with Gasteiger partial charge >= 0.3 is 0 Å². The van der Waals surface area contributed by atoms with E-state index in [1.165, 1.54) is 30.4 Å². The van der Waals surface area contributed by atoms with Crippen molar-refractivity contribution < 1.29 is 4.74 Å². The fourth-order valence-electron chi connectivity index (χ4n) is 2.59. The molecule has 1 aromatic rings. The molecule has 18 heavy (non-hydrogen) atoms. The summed E-state index contributed by atoms with van der Waals surface area (Å²) in [5.74, 6) is 1.64. The van der Waals surface area contributed by atoms with Crippen LogP contribution < -0.4 is 10.5 Å². The number of hydrogen-bond donors (Lipinski definition) is 1. The van der Waals surface area contributed by atoms with E-state index in [1.807, 2.05) is 0 Å². The van der Waals surface area contributed by atoms with Gasteiger partial charge in [-0.15, -0.1) is 0 Å². The quantitative estimate of drug-likeness (QED) is 0.882. The fourth-order valence-corrected chi connectivity index (χ4v) is 2.59. The molecule has 0 radical (unpaired) electrons. The van der Waals surface area contributed by atoms with E-state index in [9.17, 15) is 0 Å². The van der Waals surface area contributed by atoms with E-state index >= 15 is 0 Å². The molecule has 100 valence electrons. The van der Waals surface area contributed by atoms with Crippen molar-refractivity contribution in [3.8, 4) is 5.75 Å². The number of rotatable bonds is 3. The fraction of sp³-hybridized carbons (Fsp3) is 0.625. The Morgan fingerprint density at radius 2 is 1.94 bits per heavy atom. The van der Waals surface area contributed by atoms with Gasteiger partial charge in [-0.3, -0.25) is 0 Å².